The molecule has 3 aromatic rings. The first-order valence-corrected chi connectivity index (χ1v) is 12.0. The third-order valence-corrected chi connectivity index (χ3v) is 7.12. The maximum absolute atomic E-state index is 12.7. The average Bonchev–Trinajstić information content (AvgIpc) is 2.74. The van der Waals surface area contributed by atoms with Gasteiger partial charge in [-0.25, -0.2) is 8.42 Å². The van der Waals surface area contributed by atoms with Crippen molar-refractivity contribution in [2.24, 2.45) is 0 Å². The van der Waals surface area contributed by atoms with Crippen LogP contribution in [0.3, 0.4) is 0 Å². The van der Waals surface area contributed by atoms with Crippen LogP contribution in [-0.4, -0.2) is 27.2 Å². The number of para-hydroxylation sites is 1. The normalized spacial score (nSPS) is 11.1. The molecule has 0 heterocycles. The summed E-state index contributed by atoms with van der Waals surface area (Å²) < 4.78 is 30.7. The number of sulfone groups is 1. The van der Waals surface area contributed by atoms with Crippen molar-refractivity contribution in [2.45, 2.75) is 22.5 Å². The number of hydrogen-bond acceptors (Lipinski definition) is 5. The zero-order chi connectivity index (χ0) is 21.6. The van der Waals surface area contributed by atoms with Gasteiger partial charge >= 0.3 is 0 Å². The van der Waals surface area contributed by atoms with Gasteiger partial charge in [0, 0.05) is 16.1 Å². The van der Waals surface area contributed by atoms with E-state index in [1.165, 1.54) is 36.6 Å². The van der Waals surface area contributed by atoms with Gasteiger partial charge in [-0.2, -0.15) is 0 Å². The van der Waals surface area contributed by atoms with Crippen LogP contribution in [0.5, 0.6) is 5.75 Å². The van der Waals surface area contributed by atoms with Crippen molar-refractivity contribution in [1.29, 1.82) is 0 Å². The summed E-state index contributed by atoms with van der Waals surface area (Å²) in [6.45, 7) is 2.02. The fourth-order valence-corrected chi connectivity index (χ4v) is 4.90. The summed E-state index contributed by atoms with van der Waals surface area (Å²) in [6.07, 6.45) is 0. The van der Waals surface area contributed by atoms with Crippen LogP contribution in [-0.2, 0) is 20.4 Å². The molecule has 0 unspecified atom stereocenters. The van der Waals surface area contributed by atoms with Gasteiger partial charge in [-0.15, -0.1) is 11.8 Å². The Kier molecular flexibility index (Phi) is 7.18. The van der Waals surface area contributed by atoms with Crippen LogP contribution in [0, 0.1) is 6.92 Å². The SMILES string of the molecule is COc1ccccc1CS(=O)(=O)c1ccc(NC(=O)CSc2ccc(C)cc2)cc1. The zero-order valence-electron chi connectivity index (χ0n) is 16.8. The van der Waals surface area contributed by atoms with Gasteiger partial charge < -0.3 is 10.1 Å². The first kappa shape index (κ1) is 21.9. The molecule has 0 aliphatic heterocycles. The van der Waals surface area contributed by atoms with Gasteiger partial charge in [0.1, 0.15) is 5.75 Å². The van der Waals surface area contributed by atoms with E-state index < -0.39 is 9.84 Å². The second-order valence-corrected chi connectivity index (χ2v) is 9.78. The summed E-state index contributed by atoms with van der Waals surface area (Å²) in [5, 5.41) is 2.80. The highest BCUT2D eigenvalue weighted by atomic mass is 32.2. The Morgan fingerprint density at radius 1 is 0.967 bits per heavy atom. The Morgan fingerprint density at radius 3 is 2.30 bits per heavy atom. The van der Waals surface area contributed by atoms with Crippen molar-refractivity contribution in [1.82, 2.24) is 0 Å². The number of aryl methyl sites for hydroxylation is 1. The minimum Gasteiger partial charge on any atom is -0.496 e. The second kappa shape index (κ2) is 9.82. The Hall–Kier alpha value is -2.77. The lowest BCUT2D eigenvalue weighted by atomic mass is 10.2. The van der Waals surface area contributed by atoms with Gasteiger partial charge in [0.25, 0.3) is 0 Å². The molecule has 1 N–H and O–H groups in total. The smallest absolute Gasteiger partial charge is 0.234 e. The molecule has 30 heavy (non-hydrogen) atoms. The first-order chi connectivity index (χ1) is 14.4. The molecule has 0 saturated heterocycles. The number of ether oxygens (including phenoxy) is 1. The lowest BCUT2D eigenvalue weighted by Gasteiger charge is -2.10. The molecule has 0 radical (unpaired) electrons. The van der Waals surface area contributed by atoms with E-state index in [9.17, 15) is 13.2 Å². The maximum Gasteiger partial charge on any atom is 0.234 e. The molecule has 5 nitrogen and oxygen atoms in total. The third-order valence-electron chi connectivity index (χ3n) is 4.43. The molecule has 0 aromatic heterocycles. The summed E-state index contributed by atoms with van der Waals surface area (Å²) >= 11 is 1.45. The van der Waals surface area contributed by atoms with Crippen LogP contribution in [0.15, 0.2) is 82.6 Å². The molecular formula is C23H23NO4S2. The Balaban J connectivity index is 1.61. The van der Waals surface area contributed by atoms with Crippen LogP contribution in [0.25, 0.3) is 0 Å². The fourth-order valence-electron chi connectivity index (χ4n) is 2.84. The number of nitrogens with one attached hydrogen (secondary N) is 1. The number of amides is 1. The van der Waals surface area contributed by atoms with E-state index in [0.29, 0.717) is 17.0 Å². The van der Waals surface area contributed by atoms with E-state index >= 15 is 0 Å². The van der Waals surface area contributed by atoms with Gasteiger partial charge in [-0.05, 0) is 49.4 Å². The van der Waals surface area contributed by atoms with Gasteiger partial charge in [-0.1, -0.05) is 35.9 Å². The summed E-state index contributed by atoms with van der Waals surface area (Å²) in [4.78, 5) is 13.4. The van der Waals surface area contributed by atoms with Gasteiger partial charge in [0.15, 0.2) is 9.84 Å². The Labute approximate surface area is 181 Å². The number of benzene rings is 3. The Morgan fingerprint density at radius 2 is 1.63 bits per heavy atom. The van der Waals surface area contributed by atoms with E-state index in [2.05, 4.69) is 5.32 Å². The molecule has 0 atom stereocenters. The van der Waals surface area contributed by atoms with Crippen molar-refractivity contribution in [2.75, 3.05) is 18.2 Å². The van der Waals surface area contributed by atoms with Gasteiger partial charge in [0.05, 0.1) is 23.5 Å². The van der Waals surface area contributed by atoms with E-state index in [-0.39, 0.29) is 22.3 Å². The van der Waals surface area contributed by atoms with Crippen molar-refractivity contribution in [3.8, 4) is 5.75 Å². The number of anilines is 1. The fraction of sp³-hybridized carbons (Fsp3) is 0.174. The highest BCUT2D eigenvalue weighted by molar-refractivity contribution is 8.00. The standard InChI is InChI=1S/C23H23NO4S2/c1-17-7-11-20(12-8-17)29-15-23(25)24-19-9-13-21(14-10-19)30(26,27)16-18-5-3-4-6-22(18)28-2/h3-14H,15-16H2,1-2H3,(H,24,25). The lowest BCUT2D eigenvalue weighted by molar-refractivity contribution is -0.113. The molecule has 3 rings (SSSR count). The van der Waals surface area contributed by atoms with Crippen LogP contribution >= 0.6 is 11.8 Å². The van der Waals surface area contributed by atoms with Crippen molar-refractivity contribution >= 4 is 33.2 Å². The number of carbonyl (C=O) groups is 1. The summed E-state index contributed by atoms with van der Waals surface area (Å²) in [7, 11) is -2.02. The molecule has 1 amide bonds. The number of thioether (sulfide) groups is 1. The summed E-state index contributed by atoms with van der Waals surface area (Å²) in [5.41, 5.74) is 2.33. The molecule has 0 aliphatic rings. The summed E-state index contributed by atoms with van der Waals surface area (Å²) in [6, 6.07) is 21.2. The molecule has 0 fully saturated rings. The van der Waals surface area contributed by atoms with Crippen LogP contribution in [0.2, 0.25) is 0 Å². The van der Waals surface area contributed by atoms with E-state index in [4.69, 9.17) is 4.74 Å². The van der Waals surface area contributed by atoms with Gasteiger partial charge in [0.2, 0.25) is 5.91 Å². The monoisotopic (exact) mass is 441 g/mol. The number of hydrogen-bond donors (Lipinski definition) is 1. The van der Waals surface area contributed by atoms with Crippen molar-refractivity contribution < 1.29 is 17.9 Å². The summed E-state index contributed by atoms with van der Waals surface area (Å²) in [5.74, 6) is 0.508. The predicted molar refractivity (Wildman–Crippen MR) is 121 cm³/mol. The lowest BCUT2D eigenvalue weighted by Crippen LogP contribution is -2.14. The zero-order valence-corrected chi connectivity index (χ0v) is 18.4. The molecule has 7 heteroatoms. The molecule has 156 valence electrons. The van der Waals surface area contributed by atoms with E-state index in [1.54, 1.807) is 36.4 Å². The average molecular weight is 442 g/mol. The highest BCUT2D eigenvalue weighted by Crippen LogP contribution is 2.25. The van der Waals surface area contributed by atoms with Gasteiger partial charge in [-0.3, -0.25) is 4.79 Å². The second-order valence-electron chi connectivity index (χ2n) is 6.75. The quantitative estimate of drug-likeness (QED) is 0.513. The minimum absolute atomic E-state index is 0.148. The minimum atomic E-state index is -3.54. The molecular weight excluding hydrogens is 418 g/mol. The van der Waals surface area contributed by atoms with Crippen molar-refractivity contribution in [3.05, 3.63) is 83.9 Å². The maximum atomic E-state index is 12.7. The van der Waals surface area contributed by atoms with Crippen LogP contribution < -0.4 is 10.1 Å². The molecule has 3 aromatic carbocycles. The van der Waals surface area contributed by atoms with Crippen molar-refractivity contribution in [3.63, 3.8) is 0 Å². The van der Waals surface area contributed by atoms with E-state index in [0.717, 1.165) is 4.90 Å². The van der Waals surface area contributed by atoms with E-state index in [1.807, 2.05) is 31.2 Å². The number of methoxy groups -OCH3 is 1. The molecule has 0 spiro atoms. The third kappa shape index (κ3) is 5.87. The highest BCUT2D eigenvalue weighted by Gasteiger charge is 2.18. The topological polar surface area (TPSA) is 72.5 Å². The Bertz CT molecular complexity index is 1110. The largest absolute Gasteiger partial charge is 0.496 e. The number of carbonyl (C=O) groups excluding carboxylic acids is 1. The predicted octanol–water partition coefficient (Wildman–Crippen LogP) is 4.71. The number of rotatable bonds is 8. The van der Waals surface area contributed by atoms with Crippen LogP contribution in [0.1, 0.15) is 11.1 Å². The molecule has 0 aliphatic carbocycles. The molecule has 0 saturated carbocycles. The van der Waals surface area contributed by atoms with Crippen LogP contribution in [0.4, 0.5) is 5.69 Å². The first-order valence-electron chi connectivity index (χ1n) is 9.31. The molecule has 0 bridgehead atoms.